The van der Waals surface area contributed by atoms with Gasteiger partial charge in [-0.05, 0) is 0 Å². The fourth-order valence-corrected chi connectivity index (χ4v) is 1.23. The molecule has 1 saturated heterocycles. The van der Waals surface area contributed by atoms with Crippen molar-refractivity contribution < 1.29 is 4.79 Å². The van der Waals surface area contributed by atoms with Gasteiger partial charge >= 0.3 is 6.03 Å². The van der Waals surface area contributed by atoms with Crippen LogP contribution in [-0.4, -0.2) is 35.1 Å². The van der Waals surface area contributed by atoms with Crippen LogP contribution in [0, 0.1) is 5.41 Å². The molecule has 2 aliphatic rings. The molecule has 0 aromatic rings. The lowest BCUT2D eigenvalue weighted by molar-refractivity contribution is 0.170. The van der Waals surface area contributed by atoms with Crippen LogP contribution in [0.4, 0.5) is 4.79 Å². The Labute approximate surface area is 69.3 Å². The molecule has 0 aromatic heterocycles. The third-order valence-corrected chi connectivity index (χ3v) is 1.86. The number of nitrogens with one attached hydrogen (secondary N) is 3. The number of guanidine groups is 1. The van der Waals surface area contributed by atoms with Gasteiger partial charge in [0, 0.05) is 19.4 Å². The molecular formula is C6H9N5O. The first-order valence-electron chi connectivity index (χ1n) is 3.53. The largest absolute Gasteiger partial charge is 0.342 e. The SMILES string of the molecule is CN1C=CN2C(=N)NC(=O)NC12. The molecular weight excluding hydrogens is 158 g/mol. The van der Waals surface area contributed by atoms with Crippen LogP contribution < -0.4 is 10.6 Å². The van der Waals surface area contributed by atoms with Crippen LogP contribution in [-0.2, 0) is 0 Å². The molecule has 0 radical (unpaired) electrons. The van der Waals surface area contributed by atoms with E-state index in [0.29, 0.717) is 0 Å². The second kappa shape index (κ2) is 2.13. The summed E-state index contributed by atoms with van der Waals surface area (Å²) in [5.74, 6) is 0.101. The summed E-state index contributed by atoms with van der Waals surface area (Å²) in [6.07, 6.45) is 3.29. The molecule has 2 aliphatic heterocycles. The Morgan fingerprint density at radius 1 is 1.58 bits per heavy atom. The van der Waals surface area contributed by atoms with Crippen LogP contribution in [0.15, 0.2) is 12.4 Å². The van der Waals surface area contributed by atoms with E-state index in [1.807, 2.05) is 11.9 Å². The number of carbonyl (C=O) groups is 1. The molecule has 12 heavy (non-hydrogen) atoms. The fraction of sp³-hybridized carbons (Fsp3) is 0.333. The summed E-state index contributed by atoms with van der Waals surface area (Å²) in [6.45, 7) is 0. The molecule has 1 fully saturated rings. The standard InChI is InChI=1S/C6H9N5O/c1-10-2-3-11-4(7)8-5(12)9-6(10)11/h2-3,6H,1H3,(H3,7,8,9,12). The third kappa shape index (κ3) is 0.810. The quantitative estimate of drug-likeness (QED) is 0.444. The van der Waals surface area contributed by atoms with Crippen LogP contribution >= 0.6 is 0 Å². The molecule has 0 saturated carbocycles. The first-order chi connectivity index (χ1) is 5.68. The highest BCUT2D eigenvalue weighted by Crippen LogP contribution is 2.12. The van der Waals surface area contributed by atoms with Crippen molar-refractivity contribution in [3.63, 3.8) is 0 Å². The molecule has 2 amide bonds. The van der Waals surface area contributed by atoms with Gasteiger partial charge in [0.2, 0.25) is 5.96 Å². The van der Waals surface area contributed by atoms with Crippen molar-refractivity contribution in [3.8, 4) is 0 Å². The van der Waals surface area contributed by atoms with E-state index >= 15 is 0 Å². The van der Waals surface area contributed by atoms with Crippen molar-refractivity contribution in [1.29, 1.82) is 5.41 Å². The zero-order valence-corrected chi connectivity index (χ0v) is 6.53. The number of rotatable bonds is 0. The van der Waals surface area contributed by atoms with Gasteiger partial charge in [0.1, 0.15) is 0 Å². The summed E-state index contributed by atoms with van der Waals surface area (Å²) in [4.78, 5) is 14.4. The lowest BCUT2D eigenvalue weighted by Crippen LogP contribution is -2.64. The van der Waals surface area contributed by atoms with Crippen molar-refractivity contribution in [1.82, 2.24) is 20.4 Å². The van der Waals surface area contributed by atoms with Crippen molar-refractivity contribution in [2.45, 2.75) is 6.29 Å². The predicted molar refractivity (Wildman–Crippen MR) is 41.9 cm³/mol. The van der Waals surface area contributed by atoms with Gasteiger partial charge in [-0.3, -0.25) is 20.9 Å². The number of hydrogen-bond acceptors (Lipinski definition) is 3. The Bertz CT molecular complexity index is 273. The van der Waals surface area contributed by atoms with Crippen LogP contribution in [0.2, 0.25) is 0 Å². The maximum absolute atomic E-state index is 10.9. The molecule has 0 aromatic carbocycles. The minimum atomic E-state index is -0.336. The van der Waals surface area contributed by atoms with E-state index in [0.717, 1.165) is 0 Å². The molecule has 6 nitrogen and oxygen atoms in total. The van der Waals surface area contributed by atoms with E-state index in [1.165, 1.54) is 0 Å². The van der Waals surface area contributed by atoms with Crippen molar-refractivity contribution >= 4 is 12.0 Å². The Morgan fingerprint density at radius 3 is 3.08 bits per heavy atom. The first kappa shape index (κ1) is 6.96. The van der Waals surface area contributed by atoms with Crippen molar-refractivity contribution in [3.05, 3.63) is 12.4 Å². The van der Waals surface area contributed by atoms with Gasteiger partial charge in [0.25, 0.3) is 0 Å². The zero-order valence-electron chi connectivity index (χ0n) is 6.53. The minimum absolute atomic E-state index is 0.101. The van der Waals surface area contributed by atoms with Gasteiger partial charge in [-0.15, -0.1) is 0 Å². The number of nitrogens with zero attached hydrogens (tertiary/aromatic N) is 2. The maximum Gasteiger partial charge on any atom is 0.324 e. The molecule has 1 atom stereocenters. The van der Waals surface area contributed by atoms with E-state index < -0.39 is 0 Å². The van der Waals surface area contributed by atoms with Crippen molar-refractivity contribution in [2.24, 2.45) is 0 Å². The summed E-state index contributed by atoms with van der Waals surface area (Å²) in [7, 11) is 1.83. The molecule has 1 unspecified atom stereocenters. The van der Waals surface area contributed by atoms with E-state index in [-0.39, 0.29) is 18.3 Å². The third-order valence-electron chi connectivity index (χ3n) is 1.86. The van der Waals surface area contributed by atoms with Crippen LogP contribution in [0.3, 0.4) is 0 Å². The van der Waals surface area contributed by atoms with Gasteiger partial charge in [-0.2, -0.15) is 0 Å². The second-order valence-electron chi connectivity index (χ2n) is 2.69. The summed E-state index contributed by atoms with van der Waals surface area (Å²) in [5, 5.41) is 12.4. The topological polar surface area (TPSA) is 71.5 Å². The van der Waals surface area contributed by atoms with Gasteiger partial charge in [-0.25, -0.2) is 4.79 Å². The van der Waals surface area contributed by atoms with Crippen LogP contribution in [0.1, 0.15) is 0 Å². The van der Waals surface area contributed by atoms with Gasteiger partial charge < -0.3 is 4.90 Å². The van der Waals surface area contributed by atoms with E-state index in [1.54, 1.807) is 17.3 Å². The smallest absolute Gasteiger partial charge is 0.324 e. The summed E-state index contributed by atoms with van der Waals surface area (Å²) >= 11 is 0. The average molecular weight is 167 g/mol. The molecule has 0 bridgehead atoms. The number of fused-ring (bicyclic) bond motifs is 1. The van der Waals surface area contributed by atoms with Gasteiger partial charge in [0.05, 0.1) is 0 Å². The Hall–Kier alpha value is -1.72. The highest BCUT2D eigenvalue weighted by atomic mass is 16.2. The van der Waals surface area contributed by atoms with Crippen molar-refractivity contribution in [2.75, 3.05) is 7.05 Å². The van der Waals surface area contributed by atoms with E-state index in [9.17, 15) is 4.79 Å². The van der Waals surface area contributed by atoms with Crippen LogP contribution in [0.25, 0.3) is 0 Å². The van der Waals surface area contributed by atoms with Gasteiger partial charge in [0.15, 0.2) is 6.29 Å². The van der Waals surface area contributed by atoms with Gasteiger partial charge in [-0.1, -0.05) is 0 Å². The minimum Gasteiger partial charge on any atom is -0.342 e. The molecule has 2 heterocycles. The second-order valence-corrected chi connectivity index (χ2v) is 2.69. The average Bonchev–Trinajstić information content (AvgIpc) is 2.33. The molecule has 64 valence electrons. The Morgan fingerprint density at radius 2 is 2.33 bits per heavy atom. The molecule has 0 spiro atoms. The van der Waals surface area contributed by atoms with Crippen LogP contribution in [0.5, 0.6) is 0 Å². The van der Waals surface area contributed by atoms with E-state index in [2.05, 4.69) is 10.6 Å². The monoisotopic (exact) mass is 167 g/mol. The highest BCUT2D eigenvalue weighted by molar-refractivity contribution is 5.97. The zero-order chi connectivity index (χ0) is 8.72. The molecule has 0 aliphatic carbocycles. The summed E-state index contributed by atoms with van der Waals surface area (Å²) < 4.78 is 0. The molecule has 6 heteroatoms. The predicted octanol–water partition coefficient (Wildman–Crippen LogP) is -0.764. The molecule has 2 rings (SSSR count). The number of amides is 2. The Balaban J connectivity index is 2.23. The summed E-state index contributed by atoms with van der Waals surface area (Å²) in [6, 6.07) is -0.336. The Kier molecular flexibility index (Phi) is 1.24. The number of carbonyl (C=O) groups excluding carboxylic acids is 1. The lowest BCUT2D eigenvalue weighted by atomic mass is 10.5. The highest BCUT2D eigenvalue weighted by Gasteiger charge is 2.32. The first-order valence-corrected chi connectivity index (χ1v) is 3.53. The number of hydrogen-bond donors (Lipinski definition) is 3. The number of urea groups is 1. The fourth-order valence-electron chi connectivity index (χ4n) is 1.23. The maximum atomic E-state index is 10.9. The van der Waals surface area contributed by atoms with E-state index in [4.69, 9.17) is 5.41 Å². The normalized spacial score (nSPS) is 26.9. The summed E-state index contributed by atoms with van der Waals surface area (Å²) in [5.41, 5.74) is 0. The molecule has 3 N–H and O–H groups in total. The lowest BCUT2D eigenvalue weighted by Gasteiger charge is -2.34.